The second kappa shape index (κ2) is 12.3. The van der Waals surface area contributed by atoms with E-state index in [0.717, 1.165) is 11.1 Å². The van der Waals surface area contributed by atoms with E-state index in [2.05, 4.69) is 5.32 Å². The van der Waals surface area contributed by atoms with Gasteiger partial charge in [0.2, 0.25) is 0 Å². The highest BCUT2D eigenvalue weighted by Crippen LogP contribution is 2.36. The van der Waals surface area contributed by atoms with Gasteiger partial charge in [0.25, 0.3) is 5.91 Å². The summed E-state index contributed by atoms with van der Waals surface area (Å²) in [5.74, 6) is -0.472. The van der Waals surface area contributed by atoms with Gasteiger partial charge in [-0.1, -0.05) is 72.8 Å². The van der Waals surface area contributed by atoms with Gasteiger partial charge in [0, 0.05) is 10.9 Å². The van der Waals surface area contributed by atoms with Crippen LogP contribution in [0.15, 0.2) is 95.9 Å². The Labute approximate surface area is 219 Å². The average molecular weight is 509 g/mol. The van der Waals surface area contributed by atoms with Crippen LogP contribution >= 0.6 is 11.3 Å². The normalized spacial score (nSPS) is 10.9. The molecule has 0 radical (unpaired) electrons. The third-order valence-corrected chi connectivity index (χ3v) is 6.28. The summed E-state index contributed by atoms with van der Waals surface area (Å²) in [7, 11) is 0. The first-order chi connectivity index (χ1) is 18.1. The van der Waals surface area contributed by atoms with Crippen molar-refractivity contribution in [1.82, 2.24) is 0 Å². The fourth-order valence-electron chi connectivity index (χ4n) is 3.57. The van der Waals surface area contributed by atoms with E-state index in [4.69, 9.17) is 9.47 Å². The number of ether oxygens (including phenoxy) is 2. The number of benzene rings is 3. The largest absolute Gasteiger partial charge is 0.489 e. The number of anilines is 1. The summed E-state index contributed by atoms with van der Waals surface area (Å²) in [6, 6.07) is 28.3. The Morgan fingerprint density at radius 2 is 1.65 bits per heavy atom. The van der Waals surface area contributed by atoms with E-state index in [1.165, 1.54) is 17.4 Å². The molecule has 0 atom stereocenters. The fraction of sp³-hybridized carbons (Fsp3) is 0.100. The molecule has 184 valence electrons. The molecule has 37 heavy (non-hydrogen) atoms. The van der Waals surface area contributed by atoms with Crippen molar-refractivity contribution in [1.29, 1.82) is 5.26 Å². The van der Waals surface area contributed by atoms with Crippen molar-refractivity contribution in [3.05, 3.63) is 113 Å². The van der Waals surface area contributed by atoms with Crippen LogP contribution in [0.25, 0.3) is 17.2 Å². The number of amides is 1. The zero-order chi connectivity index (χ0) is 26.0. The highest BCUT2D eigenvalue weighted by molar-refractivity contribution is 7.15. The first-order valence-corrected chi connectivity index (χ1v) is 12.5. The molecule has 1 N–H and O–H groups in total. The minimum absolute atomic E-state index is 0.0950. The number of nitrogens with one attached hydrogen (secondary N) is 1. The molecule has 1 aromatic heterocycles. The first kappa shape index (κ1) is 25.4. The van der Waals surface area contributed by atoms with Crippen molar-refractivity contribution in [2.75, 3.05) is 11.9 Å². The molecule has 0 aliphatic carbocycles. The summed E-state index contributed by atoms with van der Waals surface area (Å²) >= 11 is 1.21. The van der Waals surface area contributed by atoms with Crippen molar-refractivity contribution in [2.45, 2.75) is 13.5 Å². The SMILES string of the molecule is CCOC(=O)c1c(-c2ccccc2)csc1NC(=O)/C(C#N)=C/c1ccc(OCc2ccccc2)cc1. The lowest BCUT2D eigenvalue weighted by molar-refractivity contribution is -0.112. The van der Waals surface area contributed by atoms with Crippen LogP contribution in [0.5, 0.6) is 5.75 Å². The number of nitrogens with zero attached hydrogens (tertiary/aromatic N) is 1. The van der Waals surface area contributed by atoms with Gasteiger partial charge in [-0.3, -0.25) is 4.79 Å². The Balaban J connectivity index is 1.51. The van der Waals surface area contributed by atoms with Crippen LogP contribution in [-0.4, -0.2) is 18.5 Å². The second-order valence-electron chi connectivity index (χ2n) is 7.91. The Morgan fingerprint density at radius 1 is 0.973 bits per heavy atom. The molecule has 0 spiro atoms. The highest BCUT2D eigenvalue weighted by atomic mass is 32.1. The summed E-state index contributed by atoms with van der Waals surface area (Å²) in [4.78, 5) is 25.7. The molecule has 0 saturated carbocycles. The minimum atomic E-state index is -0.612. The van der Waals surface area contributed by atoms with Gasteiger partial charge in [-0.25, -0.2) is 4.79 Å². The van der Waals surface area contributed by atoms with E-state index >= 15 is 0 Å². The quantitative estimate of drug-likeness (QED) is 0.154. The Morgan fingerprint density at radius 3 is 2.30 bits per heavy atom. The number of esters is 1. The van der Waals surface area contributed by atoms with Crippen molar-refractivity contribution in [2.24, 2.45) is 0 Å². The number of nitriles is 1. The minimum Gasteiger partial charge on any atom is -0.489 e. The molecule has 0 fully saturated rings. The van der Waals surface area contributed by atoms with Crippen molar-refractivity contribution < 1.29 is 19.1 Å². The van der Waals surface area contributed by atoms with E-state index in [9.17, 15) is 14.9 Å². The van der Waals surface area contributed by atoms with E-state index in [1.807, 2.05) is 66.7 Å². The van der Waals surface area contributed by atoms with Gasteiger partial charge in [-0.2, -0.15) is 5.26 Å². The summed E-state index contributed by atoms with van der Waals surface area (Å²) in [6.45, 7) is 2.36. The summed E-state index contributed by atoms with van der Waals surface area (Å²) < 4.78 is 11.0. The van der Waals surface area contributed by atoms with Gasteiger partial charge >= 0.3 is 5.97 Å². The third kappa shape index (κ3) is 6.51. The molecular formula is C30H24N2O4S. The second-order valence-corrected chi connectivity index (χ2v) is 8.79. The van der Waals surface area contributed by atoms with E-state index < -0.39 is 11.9 Å². The molecule has 0 unspecified atom stereocenters. The molecule has 0 bridgehead atoms. The lowest BCUT2D eigenvalue weighted by Gasteiger charge is -2.09. The first-order valence-electron chi connectivity index (χ1n) is 11.6. The molecule has 3 aromatic carbocycles. The predicted octanol–water partition coefficient (Wildman–Crippen LogP) is 6.72. The Kier molecular flexibility index (Phi) is 8.48. The maximum atomic E-state index is 13.0. The highest BCUT2D eigenvalue weighted by Gasteiger charge is 2.23. The van der Waals surface area contributed by atoms with E-state index in [-0.39, 0.29) is 17.7 Å². The van der Waals surface area contributed by atoms with Gasteiger partial charge < -0.3 is 14.8 Å². The molecule has 1 heterocycles. The molecule has 7 heteroatoms. The van der Waals surface area contributed by atoms with Crippen LogP contribution < -0.4 is 10.1 Å². The molecular weight excluding hydrogens is 484 g/mol. The zero-order valence-electron chi connectivity index (χ0n) is 20.1. The van der Waals surface area contributed by atoms with Crippen LogP contribution in [0.2, 0.25) is 0 Å². The van der Waals surface area contributed by atoms with E-state index in [1.54, 1.807) is 36.6 Å². The number of carbonyl (C=O) groups excluding carboxylic acids is 2. The third-order valence-electron chi connectivity index (χ3n) is 5.39. The number of hydrogen-bond donors (Lipinski definition) is 1. The molecule has 0 saturated heterocycles. The van der Waals surface area contributed by atoms with Crippen LogP contribution in [0, 0.1) is 11.3 Å². The zero-order valence-corrected chi connectivity index (χ0v) is 21.0. The summed E-state index contributed by atoms with van der Waals surface area (Å²) in [5.41, 5.74) is 3.38. The smallest absolute Gasteiger partial charge is 0.341 e. The number of carbonyl (C=O) groups is 2. The van der Waals surface area contributed by atoms with Gasteiger partial charge in [0.05, 0.1) is 6.61 Å². The summed E-state index contributed by atoms with van der Waals surface area (Å²) in [6.07, 6.45) is 1.49. The molecule has 4 rings (SSSR count). The molecule has 1 amide bonds. The van der Waals surface area contributed by atoms with Gasteiger partial charge in [-0.05, 0) is 41.8 Å². The topological polar surface area (TPSA) is 88.4 Å². The van der Waals surface area contributed by atoms with Gasteiger partial charge in [-0.15, -0.1) is 11.3 Å². The monoisotopic (exact) mass is 508 g/mol. The lowest BCUT2D eigenvalue weighted by atomic mass is 10.0. The standard InChI is InChI=1S/C30H24N2O4S/c1-2-35-30(34)27-26(23-11-7-4-8-12-23)20-37-29(27)32-28(33)24(18-31)17-21-13-15-25(16-14-21)36-19-22-9-5-3-6-10-22/h3-17,20H,2,19H2,1H3,(H,32,33)/b24-17+. The molecule has 0 aliphatic heterocycles. The lowest BCUT2D eigenvalue weighted by Crippen LogP contribution is -2.16. The van der Waals surface area contributed by atoms with E-state index in [0.29, 0.717) is 28.5 Å². The maximum absolute atomic E-state index is 13.0. The summed E-state index contributed by atoms with van der Waals surface area (Å²) in [5, 5.41) is 14.5. The maximum Gasteiger partial charge on any atom is 0.341 e. The average Bonchev–Trinajstić information content (AvgIpc) is 3.36. The van der Waals surface area contributed by atoms with Gasteiger partial charge in [0.1, 0.15) is 34.6 Å². The molecule has 0 aliphatic rings. The number of rotatable bonds is 9. The van der Waals surface area contributed by atoms with Crippen molar-refractivity contribution in [3.63, 3.8) is 0 Å². The number of hydrogen-bond acceptors (Lipinski definition) is 6. The van der Waals surface area contributed by atoms with Crippen molar-refractivity contribution in [3.8, 4) is 22.9 Å². The van der Waals surface area contributed by atoms with Crippen LogP contribution in [-0.2, 0) is 16.1 Å². The number of thiophene rings is 1. The van der Waals surface area contributed by atoms with Gasteiger partial charge in [0.15, 0.2) is 0 Å². The van der Waals surface area contributed by atoms with Crippen LogP contribution in [0.4, 0.5) is 5.00 Å². The van der Waals surface area contributed by atoms with Crippen LogP contribution in [0.3, 0.4) is 0 Å². The predicted molar refractivity (Wildman–Crippen MR) is 145 cm³/mol. The Bertz CT molecular complexity index is 1440. The Hall–Kier alpha value is -4.67. The van der Waals surface area contributed by atoms with Crippen LogP contribution in [0.1, 0.15) is 28.4 Å². The van der Waals surface area contributed by atoms with Crippen molar-refractivity contribution >= 4 is 34.3 Å². The molecule has 6 nitrogen and oxygen atoms in total. The fourth-order valence-corrected chi connectivity index (χ4v) is 4.53. The molecule has 4 aromatic rings.